The van der Waals surface area contributed by atoms with Gasteiger partial charge in [0.1, 0.15) is 11.1 Å². The molecular formula is C26H19F4N5O2S. The van der Waals surface area contributed by atoms with Gasteiger partial charge >= 0.3 is 6.18 Å². The van der Waals surface area contributed by atoms with Gasteiger partial charge in [0.25, 0.3) is 11.8 Å². The Hall–Kier alpha value is -4.37. The molecule has 2 heterocycles. The third-order valence-electron chi connectivity index (χ3n) is 6.11. The van der Waals surface area contributed by atoms with E-state index in [1.807, 2.05) is 0 Å². The molecule has 1 aromatic heterocycles. The third kappa shape index (κ3) is 4.35. The number of nitrogens with one attached hydrogen (secondary N) is 1. The Morgan fingerprint density at radius 2 is 1.76 bits per heavy atom. The molecule has 1 aliphatic heterocycles. The second kappa shape index (κ2) is 9.50. The van der Waals surface area contributed by atoms with Crippen molar-refractivity contribution in [3.05, 3.63) is 77.2 Å². The molecule has 0 saturated carbocycles. The van der Waals surface area contributed by atoms with Crippen molar-refractivity contribution in [1.29, 1.82) is 5.26 Å². The molecule has 0 radical (unpaired) electrons. The minimum atomic E-state index is -5.16. The van der Waals surface area contributed by atoms with Crippen LogP contribution in [-0.4, -0.2) is 34.5 Å². The summed E-state index contributed by atoms with van der Waals surface area (Å²) in [4.78, 5) is 31.6. The first-order valence-corrected chi connectivity index (χ1v) is 11.5. The van der Waals surface area contributed by atoms with E-state index in [0.717, 1.165) is 12.1 Å². The number of hydrogen-bond donors (Lipinski definition) is 1. The maximum atomic E-state index is 15.2. The molecule has 4 rings (SSSR count). The van der Waals surface area contributed by atoms with Gasteiger partial charge in [-0.3, -0.25) is 19.5 Å². The molecule has 3 aromatic rings. The predicted molar refractivity (Wildman–Crippen MR) is 136 cm³/mol. The van der Waals surface area contributed by atoms with E-state index in [4.69, 9.17) is 17.5 Å². The lowest BCUT2D eigenvalue weighted by Crippen LogP contribution is -2.44. The van der Waals surface area contributed by atoms with Gasteiger partial charge in [0.15, 0.2) is 10.9 Å². The Morgan fingerprint density at radius 3 is 2.29 bits per heavy atom. The van der Waals surface area contributed by atoms with Crippen LogP contribution in [0.1, 0.15) is 35.3 Å². The van der Waals surface area contributed by atoms with Crippen LogP contribution in [0, 0.1) is 17.1 Å². The van der Waals surface area contributed by atoms with Gasteiger partial charge in [-0.25, -0.2) is 4.39 Å². The zero-order valence-electron chi connectivity index (χ0n) is 20.2. The minimum Gasteiger partial charge on any atom is -0.355 e. The summed E-state index contributed by atoms with van der Waals surface area (Å²) < 4.78 is 55.8. The first-order chi connectivity index (χ1) is 17.8. The molecule has 1 fully saturated rings. The van der Waals surface area contributed by atoms with E-state index in [-0.39, 0.29) is 11.0 Å². The van der Waals surface area contributed by atoms with Crippen LogP contribution in [0.2, 0.25) is 0 Å². The Kier molecular flexibility index (Phi) is 6.67. The van der Waals surface area contributed by atoms with Gasteiger partial charge in [-0.2, -0.15) is 18.4 Å². The number of aromatic nitrogens is 1. The number of thiocarbonyl (C=S) groups is 1. The summed E-state index contributed by atoms with van der Waals surface area (Å²) in [5.41, 5.74) is -2.68. The average Bonchev–Trinajstić information content (AvgIpc) is 3.06. The van der Waals surface area contributed by atoms with Crippen molar-refractivity contribution in [3.63, 3.8) is 0 Å². The van der Waals surface area contributed by atoms with Crippen LogP contribution in [0.4, 0.5) is 28.9 Å². The fourth-order valence-electron chi connectivity index (χ4n) is 4.17. The van der Waals surface area contributed by atoms with E-state index in [9.17, 15) is 22.8 Å². The minimum absolute atomic E-state index is 0.236. The Bertz CT molecular complexity index is 1500. The number of carbonyl (C=O) groups is 2. The Morgan fingerprint density at radius 1 is 1.11 bits per heavy atom. The Balaban J connectivity index is 1.71. The van der Waals surface area contributed by atoms with Crippen molar-refractivity contribution in [2.75, 3.05) is 16.8 Å². The number of carbonyl (C=O) groups excluding carboxylic acids is 2. The van der Waals surface area contributed by atoms with E-state index in [2.05, 4.69) is 10.3 Å². The molecule has 0 aliphatic carbocycles. The van der Waals surface area contributed by atoms with Crippen molar-refractivity contribution in [2.45, 2.75) is 25.6 Å². The summed E-state index contributed by atoms with van der Waals surface area (Å²) in [5, 5.41) is 11.3. The Labute approximate surface area is 220 Å². The molecule has 0 spiro atoms. The largest absolute Gasteiger partial charge is 0.420 e. The van der Waals surface area contributed by atoms with E-state index >= 15 is 4.39 Å². The van der Waals surface area contributed by atoms with Gasteiger partial charge in [0.05, 0.1) is 34.9 Å². The van der Waals surface area contributed by atoms with Crippen molar-refractivity contribution in [1.82, 2.24) is 10.3 Å². The lowest BCUT2D eigenvalue weighted by atomic mass is 10.0. The molecule has 1 saturated heterocycles. The second-order valence-electron chi connectivity index (χ2n) is 8.81. The number of nitrogens with zero attached hydrogens (tertiary/aromatic N) is 4. The van der Waals surface area contributed by atoms with E-state index < -0.39 is 40.3 Å². The summed E-state index contributed by atoms with van der Waals surface area (Å²) >= 11 is 5.44. The van der Waals surface area contributed by atoms with E-state index in [0.29, 0.717) is 27.4 Å². The topological polar surface area (TPSA) is 89.3 Å². The van der Waals surface area contributed by atoms with Crippen molar-refractivity contribution < 1.29 is 27.2 Å². The van der Waals surface area contributed by atoms with E-state index in [1.165, 1.54) is 38.1 Å². The maximum absolute atomic E-state index is 15.2. The fraction of sp³-hybridized carbons (Fsp3) is 0.192. The highest BCUT2D eigenvalue weighted by atomic mass is 32.1. The molecule has 1 N–H and O–H groups in total. The number of nitriles is 1. The quantitative estimate of drug-likeness (QED) is 0.367. The van der Waals surface area contributed by atoms with Crippen LogP contribution in [0.25, 0.3) is 11.3 Å². The highest BCUT2D eigenvalue weighted by Gasteiger charge is 2.52. The molecule has 1 aliphatic rings. The SMILES string of the molecule is CNC(=O)c1ccc(-c2ccc(N3C(=S)N(c4ccc(C#N)c(C(F)(F)F)c4F)C(=O)C3(C)C)cn2)cc1. The van der Waals surface area contributed by atoms with Gasteiger partial charge in [-0.1, -0.05) is 12.1 Å². The molecule has 194 valence electrons. The summed E-state index contributed by atoms with van der Waals surface area (Å²) in [6.45, 7) is 3.00. The molecule has 0 unspecified atom stereocenters. The molecular weight excluding hydrogens is 522 g/mol. The zero-order valence-corrected chi connectivity index (χ0v) is 21.0. The first-order valence-electron chi connectivity index (χ1n) is 11.1. The summed E-state index contributed by atoms with van der Waals surface area (Å²) in [6.07, 6.45) is -3.73. The number of hydrogen-bond acceptors (Lipinski definition) is 5. The molecule has 2 aromatic carbocycles. The number of amides is 2. The van der Waals surface area contributed by atoms with Crippen molar-refractivity contribution >= 4 is 40.5 Å². The van der Waals surface area contributed by atoms with Crippen molar-refractivity contribution in [3.8, 4) is 17.3 Å². The van der Waals surface area contributed by atoms with Gasteiger partial charge in [0, 0.05) is 18.2 Å². The molecule has 0 bridgehead atoms. The number of halogens is 4. The average molecular weight is 542 g/mol. The molecule has 0 atom stereocenters. The summed E-state index contributed by atoms with van der Waals surface area (Å²) in [5.74, 6) is -2.76. The lowest BCUT2D eigenvalue weighted by molar-refractivity contribution is -0.140. The highest BCUT2D eigenvalue weighted by Crippen LogP contribution is 2.41. The molecule has 7 nitrogen and oxygen atoms in total. The van der Waals surface area contributed by atoms with Crippen LogP contribution in [0.3, 0.4) is 0 Å². The summed E-state index contributed by atoms with van der Waals surface area (Å²) in [6, 6.07) is 13.0. The zero-order chi connectivity index (χ0) is 28.0. The number of rotatable bonds is 4. The van der Waals surface area contributed by atoms with Crippen LogP contribution in [0.15, 0.2) is 54.7 Å². The number of pyridine rings is 1. The van der Waals surface area contributed by atoms with Crippen LogP contribution >= 0.6 is 12.2 Å². The van der Waals surface area contributed by atoms with Gasteiger partial charge in [-0.05, 0) is 62.5 Å². The summed E-state index contributed by atoms with van der Waals surface area (Å²) in [7, 11) is 1.53. The molecule has 12 heteroatoms. The molecule has 38 heavy (non-hydrogen) atoms. The standard InChI is InChI=1S/C26H19F4N5O2S/c1-25(2)23(37)34(19-11-8-16(12-31)20(21(19)27)26(28,29)30)24(38)35(25)17-9-10-18(33-13-17)14-4-6-15(7-5-14)22(36)32-3/h4-11,13H,1-3H3,(H,32,36). The third-order valence-corrected chi connectivity index (χ3v) is 6.48. The van der Waals surface area contributed by atoms with Crippen LogP contribution in [0.5, 0.6) is 0 Å². The van der Waals surface area contributed by atoms with Crippen molar-refractivity contribution in [2.24, 2.45) is 0 Å². The number of benzene rings is 2. The second-order valence-corrected chi connectivity index (χ2v) is 9.17. The monoisotopic (exact) mass is 541 g/mol. The van der Waals surface area contributed by atoms with Gasteiger partial charge < -0.3 is 10.2 Å². The smallest absolute Gasteiger partial charge is 0.355 e. The lowest BCUT2D eigenvalue weighted by Gasteiger charge is -2.29. The van der Waals surface area contributed by atoms with Crippen LogP contribution < -0.4 is 15.1 Å². The van der Waals surface area contributed by atoms with Gasteiger partial charge in [-0.15, -0.1) is 0 Å². The first kappa shape index (κ1) is 26.7. The molecule has 2 amide bonds. The van der Waals surface area contributed by atoms with E-state index in [1.54, 1.807) is 36.4 Å². The normalized spacial score (nSPS) is 15.0. The fourth-order valence-corrected chi connectivity index (χ4v) is 4.69. The van der Waals surface area contributed by atoms with Gasteiger partial charge in [0.2, 0.25) is 0 Å². The number of anilines is 2. The highest BCUT2D eigenvalue weighted by molar-refractivity contribution is 7.81. The van der Waals surface area contributed by atoms with Crippen LogP contribution in [-0.2, 0) is 11.0 Å². The maximum Gasteiger partial charge on any atom is 0.420 e. The number of alkyl halides is 3. The predicted octanol–water partition coefficient (Wildman–Crippen LogP) is 5.05.